The molecule has 1 aliphatic heterocycles. The number of piperidine rings is 1. The molecule has 106 valence electrons. The summed E-state index contributed by atoms with van der Waals surface area (Å²) in [6.07, 6.45) is -2.13. The molecule has 6 heteroatoms. The summed E-state index contributed by atoms with van der Waals surface area (Å²) in [6, 6.07) is 2.18. The Morgan fingerprint density at radius 2 is 2.11 bits per heavy atom. The van der Waals surface area contributed by atoms with Crippen LogP contribution < -0.4 is 5.32 Å². The van der Waals surface area contributed by atoms with Crippen molar-refractivity contribution in [1.82, 2.24) is 5.32 Å². The molecule has 0 bridgehead atoms. The molecule has 1 aromatic rings. The van der Waals surface area contributed by atoms with Crippen molar-refractivity contribution >= 4 is 15.9 Å². The minimum absolute atomic E-state index is 0.214. The third-order valence-corrected chi connectivity index (χ3v) is 4.02. The lowest BCUT2D eigenvalue weighted by atomic mass is 9.90. The van der Waals surface area contributed by atoms with Gasteiger partial charge in [-0.1, -0.05) is 0 Å². The summed E-state index contributed by atoms with van der Waals surface area (Å²) in [5, 5.41) is 12.6. The summed E-state index contributed by atoms with van der Waals surface area (Å²) >= 11 is 3.08. The van der Waals surface area contributed by atoms with Crippen LogP contribution in [-0.2, 0) is 12.6 Å². The van der Waals surface area contributed by atoms with Gasteiger partial charge in [-0.15, -0.1) is 0 Å². The number of rotatable bonds is 2. The fourth-order valence-electron chi connectivity index (χ4n) is 2.45. The fraction of sp³-hybridized carbons (Fsp3) is 0.538. The molecule has 2 N–H and O–H groups in total. The molecule has 1 atom stereocenters. The van der Waals surface area contributed by atoms with Crippen molar-refractivity contribution in [2.45, 2.75) is 25.4 Å². The van der Waals surface area contributed by atoms with E-state index in [1.807, 2.05) is 0 Å². The van der Waals surface area contributed by atoms with Gasteiger partial charge in [-0.3, -0.25) is 0 Å². The van der Waals surface area contributed by atoms with Gasteiger partial charge in [-0.2, -0.15) is 13.2 Å². The van der Waals surface area contributed by atoms with Crippen LogP contribution in [0.3, 0.4) is 0 Å². The summed E-state index contributed by atoms with van der Waals surface area (Å²) in [5.74, 6) is -0.163. The van der Waals surface area contributed by atoms with Gasteiger partial charge in [0.25, 0.3) is 0 Å². The van der Waals surface area contributed by atoms with Crippen molar-refractivity contribution in [1.29, 1.82) is 0 Å². The Kier molecular flexibility index (Phi) is 4.40. The van der Waals surface area contributed by atoms with Crippen LogP contribution in [0, 0.1) is 5.92 Å². The van der Waals surface area contributed by atoms with E-state index < -0.39 is 11.7 Å². The SMILES string of the molecule is Oc1cc(C(F)(F)F)c(CC2CCCNC2)cc1Br. The number of halogens is 4. The minimum atomic E-state index is -4.43. The number of benzene rings is 1. The summed E-state index contributed by atoms with van der Waals surface area (Å²) < 4.78 is 39.2. The number of hydrogen-bond donors (Lipinski definition) is 2. The second-order valence-electron chi connectivity index (χ2n) is 4.88. The molecule has 0 aromatic heterocycles. The van der Waals surface area contributed by atoms with E-state index in [9.17, 15) is 18.3 Å². The molecule has 19 heavy (non-hydrogen) atoms. The number of aromatic hydroxyl groups is 1. The average Bonchev–Trinajstić information content (AvgIpc) is 2.33. The molecule has 1 fully saturated rings. The largest absolute Gasteiger partial charge is 0.507 e. The first-order chi connectivity index (χ1) is 8.88. The minimum Gasteiger partial charge on any atom is -0.507 e. The van der Waals surface area contributed by atoms with Gasteiger partial charge < -0.3 is 10.4 Å². The van der Waals surface area contributed by atoms with E-state index in [4.69, 9.17) is 0 Å². The normalized spacial score (nSPS) is 20.5. The molecule has 1 aromatic carbocycles. The Labute approximate surface area is 118 Å². The van der Waals surface area contributed by atoms with E-state index >= 15 is 0 Å². The van der Waals surface area contributed by atoms with Crippen LogP contribution in [0.5, 0.6) is 5.75 Å². The zero-order valence-corrected chi connectivity index (χ0v) is 11.8. The molecule has 0 spiro atoms. The molecule has 0 saturated carbocycles. The molecule has 0 aliphatic carbocycles. The topological polar surface area (TPSA) is 32.3 Å². The molecule has 0 radical (unpaired) electrons. The van der Waals surface area contributed by atoms with Crippen LogP contribution in [-0.4, -0.2) is 18.2 Å². The Morgan fingerprint density at radius 1 is 1.37 bits per heavy atom. The molecule has 1 aliphatic rings. The maximum Gasteiger partial charge on any atom is 0.416 e. The highest BCUT2D eigenvalue weighted by atomic mass is 79.9. The quantitative estimate of drug-likeness (QED) is 0.862. The molecular formula is C13H15BrF3NO. The zero-order valence-electron chi connectivity index (χ0n) is 10.2. The Bertz CT molecular complexity index is 456. The lowest BCUT2D eigenvalue weighted by Gasteiger charge is -2.24. The number of alkyl halides is 3. The average molecular weight is 338 g/mol. The second kappa shape index (κ2) is 5.71. The molecule has 1 heterocycles. The smallest absolute Gasteiger partial charge is 0.416 e. The van der Waals surface area contributed by atoms with Gasteiger partial charge in [-0.25, -0.2) is 0 Å². The first kappa shape index (κ1) is 14.7. The van der Waals surface area contributed by atoms with E-state index in [1.165, 1.54) is 6.07 Å². The number of phenols is 1. The van der Waals surface area contributed by atoms with E-state index in [-0.39, 0.29) is 17.2 Å². The van der Waals surface area contributed by atoms with Crippen LogP contribution in [0.25, 0.3) is 0 Å². The maximum absolute atomic E-state index is 13.0. The van der Waals surface area contributed by atoms with E-state index in [2.05, 4.69) is 21.2 Å². The van der Waals surface area contributed by atoms with Crippen molar-refractivity contribution in [2.24, 2.45) is 5.92 Å². The van der Waals surface area contributed by atoms with Crippen molar-refractivity contribution in [2.75, 3.05) is 13.1 Å². The maximum atomic E-state index is 13.0. The van der Waals surface area contributed by atoms with E-state index in [0.29, 0.717) is 10.9 Å². The monoisotopic (exact) mass is 337 g/mol. The Balaban J connectivity index is 2.29. The molecule has 1 unspecified atom stereocenters. The number of nitrogens with one attached hydrogen (secondary N) is 1. The summed E-state index contributed by atoms with van der Waals surface area (Å²) in [6.45, 7) is 1.68. The predicted octanol–water partition coefficient (Wildman–Crippen LogP) is 3.72. The van der Waals surface area contributed by atoms with Gasteiger partial charge in [0.1, 0.15) is 5.75 Å². The second-order valence-corrected chi connectivity index (χ2v) is 5.73. The molecular weight excluding hydrogens is 323 g/mol. The van der Waals surface area contributed by atoms with Gasteiger partial charge in [0.15, 0.2) is 0 Å². The van der Waals surface area contributed by atoms with Gasteiger partial charge in [0.05, 0.1) is 10.0 Å². The molecule has 0 amide bonds. The van der Waals surface area contributed by atoms with Crippen LogP contribution in [0.2, 0.25) is 0 Å². The highest BCUT2D eigenvalue weighted by Gasteiger charge is 2.34. The van der Waals surface area contributed by atoms with Crippen molar-refractivity contribution in [3.05, 3.63) is 27.7 Å². The third-order valence-electron chi connectivity index (χ3n) is 3.39. The van der Waals surface area contributed by atoms with Crippen LogP contribution >= 0.6 is 15.9 Å². The van der Waals surface area contributed by atoms with Crippen molar-refractivity contribution in [3.63, 3.8) is 0 Å². The fourth-order valence-corrected chi connectivity index (χ4v) is 2.84. The van der Waals surface area contributed by atoms with Crippen molar-refractivity contribution < 1.29 is 18.3 Å². The van der Waals surface area contributed by atoms with E-state index in [1.54, 1.807) is 0 Å². The lowest BCUT2D eigenvalue weighted by Crippen LogP contribution is -2.31. The van der Waals surface area contributed by atoms with Crippen molar-refractivity contribution in [3.8, 4) is 5.75 Å². The first-order valence-electron chi connectivity index (χ1n) is 6.17. The number of phenolic OH excluding ortho intramolecular Hbond substituents is 1. The summed E-state index contributed by atoms with van der Waals surface area (Å²) in [4.78, 5) is 0. The zero-order chi connectivity index (χ0) is 14.0. The van der Waals surface area contributed by atoms with Gasteiger partial charge in [0.2, 0.25) is 0 Å². The Hall–Kier alpha value is -0.750. The highest BCUT2D eigenvalue weighted by Crippen LogP contribution is 2.38. The summed E-state index contributed by atoms with van der Waals surface area (Å²) in [5.41, 5.74) is -0.496. The molecule has 1 saturated heterocycles. The van der Waals surface area contributed by atoms with Gasteiger partial charge >= 0.3 is 6.18 Å². The van der Waals surface area contributed by atoms with Crippen LogP contribution in [0.4, 0.5) is 13.2 Å². The summed E-state index contributed by atoms with van der Waals surface area (Å²) in [7, 11) is 0. The third kappa shape index (κ3) is 3.63. The number of hydrogen-bond acceptors (Lipinski definition) is 2. The van der Waals surface area contributed by atoms with Crippen LogP contribution in [0.1, 0.15) is 24.0 Å². The molecule has 2 rings (SSSR count). The van der Waals surface area contributed by atoms with Gasteiger partial charge in [0, 0.05) is 0 Å². The molecule has 2 nitrogen and oxygen atoms in total. The highest BCUT2D eigenvalue weighted by molar-refractivity contribution is 9.10. The van der Waals surface area contributed by atoms with Gasteiger partial charge in [-0.05, 0) is 71.9 Å². The predicted molar refractivity (Wildman–Crippen MR) is 70.1 cm³/mol. The van der Waals surface area contributed by atoms with Crippen LogP contribution in [0.15, 0.2) is 16.6 Å². The first-order valence-corrected chi connectivity index (χ1v) is 6.96. The van der Waals surface area contributed by atoms with E-state index in [0.717, 1.165) is 32.0 Å². The standard InChI is InChI=1S/C13H15BrF3NO/c14-11-5-9(4-8-2-1-3-18-7-8)10(6-12(11)19)13(15,16)17/h5-6,8,18-19H,1-4,7H2. The Morgan fingerprint density at radius 3 is 2.68 bits per heavy atom. The lowest BCUT2D eigenvalue weighted by molar-refractivity contribution is -0.138.